The largest absolute Gasteiger partial charge is 0.457 e. The van der Waals surface area contributed by atoms with Gasteiger partial charge in [0.15, 0.2) is 5.82 Å². The minimum atomic E-state index is -0.661. The van der Waals surface area contributed by atoms with Crippen LogP contribution in [0.25, 0.3) is 22.1 Å². The number of nitrogens with zero attached hydrogens (tertiary/aromatic N) is 7. The van der Waals surface area contributed by atoms with E-state index >= 15 is 0 Å². The maximum absolute atomic E-state index is 10.5. The molecule has 0 saturated heterocycles. The number of aryl methyl sites for hydroxylation is 2. The average molecular weight is 497 g/mol. The number of rotatable bonds is 7. The highest BCUT2D eigenvalue weighted by molar-refractivity contribution is 5.87. The molecule has 0 aliphatic heterocycles. The van der Waals surface area contributed by atoms with E-state index in [0.717, 1.165) is 53.0 Å². The van der Waals surface area contributed by atoms with Crippen LogP contribution in [0, 0.1) is 6.92 Å². The molecule has 0 amide bonds. The molecule has 10 nitrogen and oxygen atoms in total. The number of hydrogen-bond acceptors (Lipinski definition) is 9. The van der Waals surface area contributed by atoms with Gasteiger partial charge in [-0.15, -0.1) is 0 Å². The zero-order valence-corrected chi connectivity index (χ0v) is 21.0. The van der Waals surface area contributed by atoms with Crippen LogP contribution in [-0.4, -0.2) is 53.8 Å². The van der Waals surface area contributed by atoms with Crippen LogP contribution in [0.1, 0.15) is 24.8 Å². The van der Waals surface area contributed by atoms with Gasteiger partial charge in [-0.05, 0) is 62.1 Å². The second-order valence-corrected chi connectivity index (χ2v) is 9.77. The third-order valence-electron chi connectivity index (χ3n) is 6.88. The average Bonchev–Trinajstić information content (AvgIpc) is 3.24. The Labute approximate surface area is 214 Å². The number of ether oxygens (including phenoxy) is 1. The molecular formula is C27H28N8O2. The van der Waals surface area contributed by atoms with E-state index in [2.05, 4.69) is 25.3 Å². The van der Waals surface area contributed by atoms with Crippen LogP contribution >= 0.6 is 0 Å². The van der Waals surface area contributed by atoms with Crippen molar-refractivity contribution < 1.29 is 9.84 Å². The van der Waals surface area contributed by atoms with Gasteiger partial charge in [0.2, 0.25) is 5.95 Å². The molecule has 0 spiro atoms. The zero-order chi connectivity index (χ0) is 25.6. The lowest BCUT2D eigenvalue weighted by Gasteiger charge is -2.39. The summed E-state index contributed by atoms with van der Waals surface area (Å²) in [4.78, 5) is 24.2. The van der Waals surface area contributed by atoms with E-state index < -0.39 is 5.60 Å². The summed E-state index contributed by atoms with van der Waals surface area (Å²) in [7, 11) is 3.86. The SMILES string of the molecule is Cc1cc(Nc2ncnc3cnc(N(C)CC4(O)CCC4)nc23)ccc1Oc1ccc2c(c1)ncn2C. The van der Waals surface area contributed by atoms with Crippen molar-refractivity contribution in [2.24, 2.45) is 7.05 Å². The Balaban J connectivity index is 1.23. The number of imidazole rings is 1. The quantitative estimate of drug-likeness (QED) is 0.336. The van der Waals surface area contributed by atoms with Gasteiger partial charge in [0.05, 0.1) is 29.2 Å². The van der Waals surface area contributed by atoms with Crippen LogP contribution in [0.2, 0.25) is 0 Å². The fourth-order valence-corrected chi connectivity index (χ4v) is 4.66. The second kappa shape index (κ2) is 8.97. The Hall–Kier alpha value is -4.31. The second-order valence-electron chi connectivity index (χ2n) is 9.77. The lowest BCUT2D eigenvalue weighted by atomic mass is 9.80. The summed E-state index contributed by atoms with van der Waals surface area (Å²) in [5, 5.41) is 13.9. The van der Waals surface area contributed by atoms with Crippen molar-refractivity contribution in [3.8, 4) is 11.5 Å². The van der Waals surface area contributed by atoms with Crippen molar-refractivity contribution in [2.45, 2.75) is 31.8 Å². The Morgan fingerprint density at radius 1 is 1.08 bits per heavy atom. The molecule has 3 aromatic heterocycles. The molecule has 2 N–H and O–H groups in total. The van der Waals surface area contributed by atoms with Crippen molar-refractivity contribution in [3.63, 3.8) is 0 Å². The maximum atomic E-state index is 10.5. The molecule has 0 radical (unpaired) electrons. The van der Waals surface area contributed by atoms with Gasteiger partial charge in [0, 0.05) is 32.4 Å². The van der Waals surface area contributed by atoms with Gasteiger partial charge < -0.3 is 24.6 Å². The summed E-state index contributed by atoms with van der Waals surface area (Å²) < 4.78 is 8.13. The predicted molar refractivity (Wildman–Crippen MR) is 142 cm³/mol. The van der Waals surface area contributed by atoms with Crippen molar-refractivity contribution in [1.29, 1.82) is 0 Å². The Morgan fingerprint density at radius 3 is 2.73 bits per heavy atom. The summed E-state index contributed by atoms with van der Waals surface area (Å²) in [6.07, 6.45) is 7.63. The summed E-state index contributed by atoms with van der Waals surface area (Å²) in [5.74, 6) is 2.60. The van der Waals surface area contributed by atoms with Gasteiger partial charge in [-0.3, -0.25) is 0 Å². The minimum Gasteiger partial charge on any atom is -0.457 e. The molecule has 0 bridgehead atoms. The Kier molecular flexibility index (Phi) is 5.60. The molecule has 3 heterocycles. The smallest absolute Gasteiger partial charge is 0.225 e. The summed E-state index contributed by atoms with van der Waals surface area (Å²) in [6.45, 7) is 2.49. The van der Waals surface area contributed by atoms with E-state index in [4.69, 9.17) is 9.72 Å². The number of aliphatic hydroxyl groups is 1. The summed E-state index contributed by atoms with van der Waals surface area (Å²) >= 11 is 0. The van der Waals surface area contributed by atoms with E-state index in [1.165, 1.54) is 6.33 Å². The van der Waals surface area contributed by atoms with E-state index in [0.29, 0.717) is 29.3 Å². The number of aromatic nitrogens is 6. The number of fused-ring (bicyclic) bond motifs is 2. The van der Waals surface area contributed by atoms with Crippen LogP contribution in [-0.2, 0) is 7.05 Å². The minimum absolute atomic E-state index is 0.489. The van der Waals surface area contributed by atoms with Gasteiger partial charge in [-0.25, -0.2) is 24.9 Å². The van der Waals surface area contributed by atoms with Crippen LogP contribution in [0.3, 0.4) is 0 Å². The van der Waals surface area contributed by atoms with Crippen molar-refractivity contribution >= 4 is 39.5 Å². The fourth-order valence-electron chi connectivity index (χ4n) is 4.66. The number of hydrogen-bond donors (Lipinski definition) is 2. The lowest BCUT2D eigenvalue weighted by molar-refractivity contribution is -0.0249. The highest BCUT2D eigenvalue weighted by Crippen LogP contribution is 2.33. The van der Waals surface area contributed by atoms with Crippen molar-refractivity contribution in [1.82, 2.24) is 29.5 Å². The van der Waals surface area contributed by atoms with Crippen LogP contribution in [0.5, 0.6) is 11.5 Å². The van der Waals surface area contributed by atoms with E-state index in [1.807, 2.05) is 66.9 Å². The van der Waals surface area contributed by atoms with Crippen LogP contribution in [0.4, 0.5) is 17.5 Å². The fraction of sp³-hybridized carbons (Fsp3) is 0.296. The topological polar surface area (TPSA) is 114 Å². The number of nitrogens with one attached hydrogen (secondary N) is 1. The molecule has 10 heteroatoms. The van der Waals surface area contributed by atoms with E-state index in [9.17, 15) is 5.11 Å². The first-order chi connectivity index (χ1) is 17.9. The molecule has 1 aliphatic carbocycles. The molecule has 6 rings (SSSR count). The standard InChI is InChI=1S/C27H28N8O2/c1-17-11-18(5-8-23(17)37-19-6-7-22-20(12-19)31-16-35(22)3)32-25-24-21(29-15-30-25)13-28-26(33-24)34(2)14-27(36)9-4-10-27/h5-8,11-13,15-16,36H,4,9-10,14H2,1-3H3,(H,29,30,32). The molecule has 1 saturated carbocycles. The van der Waals surface area contributed by atoms with Gasteiger partial charge in [0.25, 0.3) is 0 Å². The highest BCUT2D eigenvalue weighted by Gasteiger charge is 2.36. The molecule has 2 aromatic carbocycles. The Morgan fingerprint density at radius 2 is 1.95 bits per heavy atom. The van der Waals surface area contributed by atoms with Crippen molar-refractivity contribution in [3.05, 3.63) is 60.8 Å². The van der Waals surface area contributed by atoms with Gasteiger partial charge in [0.1, 0.15) is 28.9 Å². The lowest BCUT2D eigenvalue weighted by Crippen LogP contribution is -2.47. The summed E-state index contributed by atoms with van der Waals surface area (Å²) in [5.41, 5.74) is 4.35. The van der Waals surface area contributed by atoms with Gasteiger partial charge in [-0.1, -0.05) is 0 Å². The van der Waals surface area contributed by atoms with E-state index in [1.54, 1.807) is 12.5 Å². The van der Waals surface area contributed by atoms with Gasteiger partial charge >= 0.3 is 0 Å². The predicted octanol–water partition coefficient (Wildman–Crippen LogP) is 4.50. The van der Waals surface area contributed by atoms with Gasteiger partial charge in [-0.2, -0.15) is 0 Å². The Bertz CT molecular complexity index is 1610. The first kappa shape index (κ1) is 23.1. The normalized spacial score (nSPS) is 14.5. The number of benzene rings is 2. The maximum Gasteiger partial charge on any atom is 0.225 e. The molecule has 188 valence electrons. The number of likely N-dealkylation sites (N-methyl/N-ethyl adjacent to an activating group) is 1. The first-order valence-electron chi connectivity index (χ1n) is 12.2. The monoisotopic (exact) mass is 496 g/mol. The molecule has 1 aliphatic rings. The molecule has 0 atom stereocenters. The third kappa shape index (κ3) is 4.51. The summed E-state index contributed by atoms with van der Waals surface area (Å²) in [6, 6.07) is 11.8. The van der Waals surface area contributed by atoms with Crippen LogP contribution in [0.15, 0.2) is 55.2 Å². The highest BCUT2D eigenvalue weighted by atomic mass is 16.5. The third-order valence-corrected chi connectivity index (χ3v) is 6.88. The first-order valence-corrected chi connectivity index (χ1v) is 12.2. The molecule has 37 heavy (non-hydrogen) atoms. The molecular weight excluding hydrogens is 468 g/mol. The number of anilines is 3. The van der Waals surface area contributed by atoms with E-state index in [-0.39, 0.29) is 0 Å². The zero-order valence-electron chi connectivity index (χ0n) is 21.0. The molecule has 0 unspecified atom stereocenters. The van der Waals surface area contributed by atoms with Crippen LogP contribution < -0.4 is 15.0 Å². The molecule has 5 aromatic rings. The molecule has 1 fully saturated rings. The van der Waals surface area contributed by atoms with Crippen molar-refractivity contribution in [2.75, 3.05) is 23.8 Å².